The summed E-state index contributed by atoms with van der Waals surface area (Å²) in [5, 5.41) is 0. The normalized spacial score (nSPS) is 10.0. The van der Waals surface area contributed by atoms with Crippen molar-refractivity contribution in [2.75, 3.05) is 5.73 Å². The van der Waals surface area contributed by atoms with E-state index in [9.17, 15) is 4.39 Å². The minimum absolute atomic E-state index is 0.0677. The van der Waals surface area contributed by atoms with Crippen LogP contribution in [0.1, 0.15) is 26.7 Å². The maximum absolute atomic E-state index is 12.6. The van der Waals surface area contributed by atoms with Gasteiger partial charge in [0.15, 0.2) is 11.5 Å². The van der Waals surface area contributed by atoms with Crippen molar-refractivity contribution >= 4 is 17.0 Å². The molecule has 0 bridgehead atoms. The number of rotatable bonds is 1. The van der Waals surface area contributed by atoms with Gasteiger partial charge in [-0.2, -0.15) is 14.4 Å². The molecule has 2 aromatic rings. The van der Waals surface area contributed by atoms with E-state index in [2.05, 4.69) is 28.8 Å². The Hall–Kier alpha value is -1.72. The van der Waals surface area contributed by atoms with E-state index in [1.807, 2.05) is 0 Å². The fraction of sp³-hybridized carbons (Fsp3) is 0.500. The highest BCUT2D eigenvalue weighted by Crippen LogP contribution is 2.13. The van der Waals surface area contributed by atoms with Crippen LogP contribution in [0.4, 0.5) is 10.2 Å². The summed E-state index contributed by atoms with van der Waals surface area (Å²) in [6, 6.07) is 0. The molecule has 88 valence electrons. The second kappa shape index (κ2) is 5.39. The van der Waals surface area contributed by atoms with Gasteiger partial charge in [-0.05, 0) is 0 Å². The molecule has 0 atom stereocenters. The Balaban J connectivity index is 0.000000280. The van der Waals surface area contributed by atoms with Crippen LogP contribution < -0.4 is 5.73 Å². The van der Waals surface area contributed by atoms with Crippen LogP contribution in [0.3, 0.4) is 0 Å². The average molecular weight is 225 g/mol. The third-order valence-electron chi connectivity index (χ3n) is 2.06. The number of nitrogen functional groups attached to an aromatic ring is 1. The first-order chi connectivity index (χ1) is 7.60. The number of imidazole rings is 1. The van der Waals surface area contributed by atoms with Crippen LogP contribution in [0.5, 0.6) is 0 Å². The van der Waals surface area contributed by atoms with Crippen LogP contribution in [0.15, 0.2) is 6.33 Å². The number of hydrogen-bond donors (Lipinski definition) is 1. The van der Waals surface area contributed by atoms with Crippen molar-refractivity contribution in [3.05, 3.63) is 12.4 Å². The van der Waals surface area contributed by atoms with Gasteiger partial charge in [0.2, 0.25) is 0 Å². The fourth-order valence-electron chi connectivity index (χ4n) is 1.00. The van der Waals surface area contributed by atoms with Crippen molar-refractivity contribution in [2.24, 2.45) is 7.05 Å². The van der Waals surface area contributed by atoms with Gasteiger partial charge in [0.25, 0.3) is 0 Å². The van der Waals surface area contributed by atoms with Crippen molar-refractivity contribution in [3.8, 4) is 0 Å². The predicted octanol–water partition coefficient (Wildman–Crippen LogP) is 1.89. The van der Waals surface area contributed by atoms with E-state index < -0.39 is 6.08 Å². The first-order valence-corrected chi connectivity index (χ1v) is 5.20. The summed E-state index contributed by atoms with van der Waals surface area (Å²) in [6.07, 6.45) is 3.32. The standard InChI is InChI=1S/C6H6FN5.C4H10/c1-12-2-9-3-4(8)10-6(7)11-5(3)12;1-3-4-2/h2H,1H3,(H2,8,10,11);3-4H2,1-2H3. The molecule has 5 nitrogen and oxygen atoms in total. The van der Waals surface area contributed by atoms with E-state index in [0.29, 0.717) is 11.2 Å². The molecule has 2 rings (SSSR count). The lowest BCUT2D eigenvalue weighted by Crippen LogP contribution is -1.99. The average Bonchev–Trinajstić information content (AvgIpc) is 2.61. The summed E-state index contributed by atoms with van der Waals surface area (Å²) in [7, 11) is 1.71. The number of anilines is 1. The highest BCUT2D eigenvalue weighted by Gasteiger charge is 2.08. The van der Waals surface area contributed by atoms with Gasteiger partial charge in [-0.3, -0.25) is 0 Å². The number of nitrogens with zero attached hydrogens (tertiary/aromatic N) is 4. The Kier molecular flexibility index (Phi) is 4.16. The summed E-state index contributed by atoms with van der Waals surface area (Å²) >= 11 is 0. The lowest BCUT2D eigenvalue weighted by Gasteiger charge is -1.94. The van der Waals surface area contributed by atoms with Gasteiger partial charge < -0.3 is 10.3 Å². The molecule has 0 amide bonds. The van der Waals surface area contributed by atoms with Gasteiger partial charge in [-0.25, -0.2) is 4.98 Å². The topological polar surface area (TPSA) is 69.6 Å². The maximum atomic E-state index is 12.6. The summed E-state index contributed by atoms with van der Waals surface area (Å²) in [4.78, 5) is 10.8. The molecule has 0 unspecified atom stereocenters. The van der Waals surface area contributed by atoms with Gasteiger partial charge >= 0.3 is 6.08 Å². The molecule has 0 aromatic carbocycles. The van der Waals surface area contributed by atoms with Gasteiger partial charge in [0.1, 0.15) is 5.52 Å². The lowest BCUT2D eigenvalue weighted by atomic mass is 10.4. The van der Waals surface area contributed by atoms with Crippen LogP contribution in [0, 0.1) is 6.08 Å². The third-order valence-corrected chi connectivity index (χ3v) is 2.06. The van der Waals surface area contributed by atoms with Crippen LogP contribution in [-0.4, -0.2) is 19.5 Å². The van der Waals surface area contributed by atoms with E-state index in [1.54, 1.807) is 11.6 Å². The maximum Gasteiger partial charge on any atom is 0.312 e. The molecule has 0 aliphatic rings. The van der Waals surface area contributed by atoms with Crippen molar-refractivity contribution in [3.63, 3.8) is 0 Å². The molecule has 2 heterocycles. The monoisotopic (exact) mass is 225 g/mol. The van der Waals surface area contributed by atoms with Gasteiger partial charge in [-0.1, -0.05) is 26.7 Å². The Morgan fingerprint density at radius 2 is 1.94 bits per heavy atom. The molecule has 0 radical (unpaired) electrons. The SMILES string of the molecule is CCCC.Cn1cnc2c(N)nc(F)nc21. The Morgan fingerprint density at radius 1 is 1.31 bits per heavy atom. The lowest BCUT2D eigenvalue weighted by molar-refractivity contribution is 0.544. The molecule has 0 fully saturated rings. The highest BCUT2D eigenvalue weighted by atomic mass is 19.1. The second-order valence-corrected chi connectivity index (χ2v) is 3.41. The number of aromatic nitrogens is 4. The molecule has 2 N–H and O–H groups in total. The largest absolute Gasteiger partial charge is 0.382 e. The zero-order valence-corrected chi connectivity index (χ0v) is 9.74. The van der Waals surface area contributed by atoms with Crippen molar-refractivity contribution in [1.29, 1.82) is 0 Å². The molecule has 2 aromatic heterocycles. The molecule has 16 heavy (non-hydrogen) atoms. The second-order valence-electron chi connectivity index (χ2n) is 3.41. The molecule has 0 spiro atoms. The van der Waals surface area contributed by atoms with Gasteiger partial charge in [0.05, 0.1) is 6.33 Å². The first kappa shape index (κ1) is 12.4. The molecule has 0 saturated carbocycles. The summed E-state index contributed by atoms with van der Waals surface area (Å²) in [5.41, 5.74) is 6.24. The highest BCUT2D eigenvalue weighted by molar-refractivity contribution is 5.80. The quantitative estimate of drug-likeness (QED) is 0.752. The zero-order valence-electron chi connectivity index (χ0n) is 9.74. The fourth-order valence-corrected chi connectivity index (χ4v) is 1.00. The Labute approximate surface area is 93.5 Å². The van der Waals surface area contributed by atoms with Crippen molar-refractivity contribution < 1.29 is 4.39 Å². The first-order valence-electron chi connectivity index (χ1n) is 5.20. The van der Waals surface area contributed by atoms with E-state index >= 15 is 0 Å². The molecule has 0 aliphatic carbocycles. The predicted molar refractivity (Wildman–Crippen MR) is 61.3 cm³/mol. The van der Waals surface area contributed by atoms with Crippen molar-refractivity contribution in [2.45, 2.75) is 26.7 Å². The molecular weight excluding hydrogens is 209 g/mol. The van der Waals surface area contributed by atoms with E-state index in [4.69, 9.17) is 5.73 Å². The summed E-state index contributed by atoms with van der Waals surface area (Å²) in [6.45, 7) is 4.36. The molecular formula is C10H16FN5. The van der Waals surface area contributed by atoms with Crippen LogP contribution >= 0.6 is 0 Å². The Bertz CT molecular complexity index is 463. The number of nitrogens with two attached hydrogens (primary N) is 1. The number of unbranched alkanes of at least 4 members (excludes halogenated alkanes) is 1. The van der Waals surface area contributed by atoms with E-state index in [0.717, 1.165) is 0 Å². The van der Waals surface area contributed by atoms with Crippen LogP contribution in [0.2, 0.25) is 0 Å². The van der Waals surface area contributed by atoms with Gasteiger partial charge in [0, 0.05) is 7.05 Å². The third kappa shape index (κ3) is 2.65. The Morgan fingerprint density at radius 3 is 2.50 bits per heavy atom. The van der Waals surface area contributed by atoms with Gasteiger partial charge in [-0.15, -0.1) is 0 Å². The molecule has 0 saturated heterocycles. The minimum atomic E-state index is -0.830. The smallest absolute Gasteiger partial charge is 0.312 e. The minimum Gasteiger partial charge on any atom is -0.382 e. The molecule has 6 heteroatoms. The van der Waals surface area contributed by atoms with E-state index in [-0.39, 0.29) is 5.82 Å². The number of halogens is 1. The summed E-state index contributed by atoms with van der Waals surface area (Å²) < 4.78 is 14.2. The number of fused-ring (bicyclic) bond motifs is 1. The molecule has 0 aliphatic heterocycles. The summed E-state index contributed by atoms with van der Waals surface area (Å²) in [5.74, 6) is 0.0677. The zero-order chi connectivity index (χ0) is 12.1. The number of hydrogen-bond acceptors (Lipinski definition) is 4. The number of aryl methyl sites for hydroxylation is 1. The van der Waals surface area contributed by atoms with Crippen LogP contribution in [-0.2, 0) is 7.05 Å². The van der Waals surface area contributed by atoms with Crippen LogP contribution in [0.25, 0.3) is 11.2 Å². The van der Waals surface area contributed by atoms with Crippen molar-refractivity contribution in [1.82, 2.24) is 19.5 Å². The van der Waals surface area contributed by atoms with E-state index in [1.165, 1.54) is 19.2 Å².